The Kier molecular flexibility index (Phi) is 7.30. The molecule has 0 bridgehead atoms. The Bertz CT molecular complexity index is 1480. The number of hydrogen-bond donors (Lipinski definition) is 1. The number of nitrogens with zero attached hydrogens (tertiary/aromatic N) is 4. The van der Waals surface area contributed by atoms with Crippen LogP contribution in [-0.2, 0) is 14.8 Å². The zero-order valence-electron chi connectivity index (χ0n) is 20.3. The Balaban J connectivity index is 1.52. The van der Waals surface area contributed by atoms with Crippen LogP contribution in [0, 0.1) is 20.8 Å². The average molecular weight is 502 g/mol. The Labute approximate surface area is 211 Å². The van der Waals surface area contributed by atoms with Crippen molar-refractivity contribution in [1.29, 1.82) is 0 Å². The van der Waals surface area contributed by atoms with Gasteiger partial charge in [-0.3, -0.25) is 4.79 Å². The molecule has 0 aliphatic carbocycles. The van der Waals surface area contributed by atoms with E-state index in [-0.39, 0.29) is 10.7 Å². The van der Waals surface area contributed by atoms with Crippen molar-refractivity contribution in [2.24, 2.45) is 5.10 Å². The summed E-state index contributed by atoms with van der Waals surface area (Å²) in [6.45, 7) is 5.54. The first kappa shape index (κ1) is 24.9. The molecular formula is C27H27N5O3S. The number of rotatable bonds is 8. The Morgan fingerprint density at radius 3 is 2.36 bits per heavy atom. The normalized spacial score (nSPS) is 11.5. The van der Waals surface area contributed by atoms with Crippen LogP contribution >= 0.6 is 0 Å². The largest absolute Gasteiger partial charge is 0.318 e. The van der Waals surface area contributed by atoms with Crippen LogP contribution in [0.2, 0.25) is 0 Å². The summed E-state index contributed by atoms with van der Waals surface area (Å²) in [6, 6.07) is 23.0. The molecule has 2 aromatic heterocycles. The second kappa shape index (κ2) is 10.6. The summed E-state index contributed by atoms with van der Waals surface area (Å²) in [7, 11) is -4.01. The standard InChI is InChI=1S/C27H27N5O3S/c1-20-12-14-24(15-13-20)32-21(2)17-23(22(32)3)18-29-30-27(33)19-31(26-11-7-8-16-28-26)36(34,35)25-9-5-4-6-10-25/h4-18H,19H2,1-3H3,(H,30,33). The number of aromatic nitrogens is 2. The van der Waals surface area contributed by atoms with Gasteiger partial charge in [0.15, 0.2) is 0 Å². The molecule has 0 saturated heterocycles. The molecule has 2 heterocycles. The fourth-order valence-electron chi connectivity index (χ4n) is 3.86. The lowest BCUT2D eigenvalue weighted by molar-refractivity contribution is -0.119. The van der Waals surface area contributed by atoms with Crippen LogP contribution < -0.4 is 9.73 Å². The van der Waals surface area contributed by atoms with Gasteiger partial charge in [-0.05, 0) is 63.2 Å². The summed E-state index contributed by atoms with van der Waals surface area (Å²) in [6.07, 6.45) is 3.03. The number of carbonyl (C=O) groups is 1. The van der Waals surface area contributed by atoms with Gasteiger partial charge in [-0.2, -0.15) is 5.10 Å². The number of hydrogen-bond acceptors (Lipinski definition) is 5. The number of carbonyl (C=O) groups excluding carboxylic acids is 1. The van der Waals surface area contributed by atoms with E-state index < -0.39 is 22.5 Å². The minimum Gasteiger partial charge on any atom is -0.318 e. The van der Waals surface area contributed by atoms with Crippen LogP contribution in [0.4, 0.5) is 5.82 Å². The third-order valence-electron chi connectivity index (χ3n) is 5.68. The number of amides is 1. The van der Waals surface area contributed by atoms with E-state index in [9.17, 15) is 13.2 Å². The van der Waals surface area contributed by atoms with Gasteiger partial charge >= 0.3 is 0 Å². The molecule has 0 atom stereocenters. The van der Waals surface area contributed by atoms with E-state index in [1.54, 1.807) is 36.5 Å². The van der Waals surface area contributed by atoms with Gasteiger partial charge in [0.1, 0.15) is 12.4 Å². The van der Waals surface area contributed by atoms with Crippen LogP contribution in [0.15, 0.2) is 95.1 Å². The molecule has 0 spiro atoms. The Hall–Kier alpha value is -4.24. The van der Waals surface area contributed by atoms with Crippen molar-refractivity contribution in [2.45, 2.75) is 25.7 Å². The molecule has 0 fully saturated rings. The molecule has 0 saturated carbocycles. The highest BCUT2D eigenvalue weighted by Crippen LogP contribution is 2.22. The fourth-order valence-corrected chi connectivity index (χ4v) is 5.26. The smallest absolute Gasteiger partial charge is 0.265 e. The van der Waals surface area contributed by atoms with Crippen molar-refractivity contribution in [3.05, 3.63) is 108 Å². The van der Waals surface area contributed by atoms with Crippen LogP contribution in [0.3, 0.4) is 0 Å². The van der Waals surface area contributed by atoms with Gasteiger partial charge in [-0.15, -0.1) is 0 Å². The molecule has 0 radical (unpaired) electrons. The van der Waals surface area contributed by atoms with Crippen LogP contribution in [0.25, 0.3) is 5.69 Å². The number of hydrazone groups is 1. The van der Waals surface area contributed by atoms with Crippen molar-refractivity contribution in [3.8, 4) is 5.69 Å². The highest BCUT2D eigenvalue weighted by atomic mass is 32.2. The number of anilines is 1. The summed E-state index contributed by atoms with van der Waals surface area (Å²) in [5, 5.41) is 4.09. The summed E-state index contributed by atoms with van der Waals surface area (Å²) < 4.78 is 29.6. The second-order valence-corrected chi connectivity index (χ2v) is 10.2. The lowest BCUT2D eigenvalue weighted by atomic mass is 10.2. The second-order valence-electron chi connectivity index (χ2n) is 8.30. The summed E-state index contributed by atoms with van der Waals surface area (Å²) in [5.74, 6) is -0.453. The summed E-state index contributed by atoms with van der Waals surface area (Å²) >= 11 is 0. The van der Waals surface area contributed by atoms with E-state index in [4.69, 9.17) is 0 Å². The topological polar surface area (TPSA) is 96.7 Å². The monoisotopic (exact) mass is 501 g/mol. The van der Waals surface area contributed by atoms with E-state index >= 15 is 0 Å². The number of sulfonamides is 1. The highest BCUT2D eigenvalue weighted by Gasteiger charge is 2.27. The third-order valence-corrected chi connectivity index (χ3v) is 7.44. The SMILES string of the molecule is Cc1ccc(-n2c(C)cc(C=NNC(=O)CN(c3ccccn3)S(=O)(=O)c3ccccc3)c2C)cc1. The van der Waals surface area contributed by atoms with E-state index in [1.807, 2.05) is 26.8 Å². The molecule has 8 nitrogen and oxygen atoms in total. The molecule has 0 aliphatic heterocycles. The molecule has 4 rings (SSSR count). The number of nitrogens with one attached hydrogen (secondary N) is 1. The van der Waals surface area contributed by atoms with E-state index in [0.717, 1.165) is 26.9 Å². The van der Waals surface area contributed by atoms with Gasteiger partial charge in [0.05, 0.1) is 11.1 Å². The lowest BCUT2D eigenvalue weighted by Gasteiger charge is -2.22. The van der Waals surface area contributed by atoms with Gasteiger partial charge in [0.25, 0.3) is 15.9 Å². The van der Waals surface area contributed by atoms with E-state index in [0.29, 0.717) is 0 Å². The van der Waals surface area contributed by atoms with Crippen LogP contribution in [0.5, 0.6) is 0 Å². The molecule has 1 amide bonds. The van der Waals surface area contributed by atoms with Crippen LogP contribution in [-0.4, -0.2) is 36.6 Å². The minimum atomic E-state index is -4.01. The maximum atomic E-state index is 13.3. The molecule has 0 aliphatic rings. The summed E-state index contributed by atoms with van der Waals surface area (Å²) in [5.41, 5.74) is 7.50. The van der Waals surface area contributed by atoms with Gasteiger partial charge in [0, 0.05) is 28.8 Å². The number of aryl methyl sites for hydroxylation is 2. The Morgan fingerprint density at radius 1 is 1.00 bits per heavy atom. The fraction of sp³-hybridized carbons (Fsp3) is 0.148. The predicted molar refractivity (Wildman–Crippen MR) is 141 cm³/mol. The van der Waals surface area contributed by atoms with Crippen molar-refractivity contribution in [3.63, 3.8) is 0 Å². The van der Waals surface area contributed by atoms with Crippen LogP contribution in [0.1, 0.15) is 22.5 Å². The molecule has 2 aromatic carbocycles. The third kappa shape index (κ3) is 5.36. The first-order chi connectivity index (χ1) is 17.3. The first-order valence-corrected chi connectivity index (χ1v) is 12.8. The van der Waals surface area contributed by atoms with E-state index in [2.05, 4.69) is 44.3 Å². The van der Waals surface area contributed by atoms with Crippen molar-refractivity contribution in [1.82, 2.24) is 15.0 Å². The van der Waals surface area contributed by atoms with Gasteiger partial charge < -0.3 is 4.57 Å². The molecule has 4 aromatic rings. The maximum absolute atomic E-state index is 13.3. The minimum absolute atomic E-state index is 0.0653. The average Bonchev–Trinajstić information content (AvgIpc) is 3.16. The summed E-state index contributed by atoms with van der Waals surface area (Å²) in [4.78, 5) is 16.9. The Morgan fingerprint density at radius 2 is 1.69 bits per heavy atom. The predicted octanol–water partition coefficient (Wildman–Crippen LogP) is 4.14. The van der Waals surface area contributed by atoms with Gasteiger partial charge in [-0.25, -0.2) is 23.1 Å². The zero-order chi connectivity index (χ0) is 25.7. The van der Waals surface area contributed by atoms with Gasteiger partial charge in [0.2, 0.25) is 0 Å². The maximum Gasteiger partial charge on any atom is 0.265 e. The molecule has 9 heteroatoms. The van der Waals surface area contributed by atoms with Gasteiger partial charge in [-0.1, -0.05) is 42.0 Å². The van der Waals surface area contributed by atoms with Crippen molar-refractivity contribution >= 4 is 28.0 Å². The zero-order valence-corrected chi connectivity index (χ0v) is 21.1. The quantitative estimate of drug-likeness (QED) is 0.290. The molecule has 0 unspecified atom stereocenters. The molecule has 36 heavy (non-hydrogen) atoms. The molecule has 1 N–H and O–H groups in total. The number of pyridine rings is 1. The molecular weight excluding hydrogens is 474 g/mol. The lowest BCUT2D eigenvalue weighted by Crippen LogP contribution is -2.40. The molecule has 184 valence electrons. The van der Waals surface area contributed by atoms with Crippen molar-refractivity contribution < 1.29 is 13.2 Å². The van der Waals surface area contributed by atoms with Crippen molar-refractivity contribution in [2.75, 3.05) is 10.8 Å². The van der Waals surface area contributed by atoms with E-state index in [1.165, 1.54) is 30.0 Å². The first-order valence-electron chi connectivity index (χ1n) is 11.3. The highest BCUT2D eigenvalue weighted by molar-refractivity contribution is 7.92. The number of benzene rings is 2.